The fraction of sp³-hybridized carbons (Fsp3) is 1.00. The SMILES string of the molecule is CCCCCC(C)(I)CCCCCCNC. The van der Waals surface area contributed by atoms with Gasteiger partial charge in [-0.3, -0.25) is 0 Å². The molecule has 0 bridgehead atoms. The van der Waals surface area contributed by atoms with Gasteiger partial charge in [-0.05, 0) is 32.9 Å². The topological polar surface area (TPSA) is 12.0 Å². The van der Waals surface area contributed by atoms with Crippen LogP contribution in [0.15, 0.2) is 0 Å². The maximum Gasteiger partial charge on any atom is 0.0194 e. The van der Waals surface area contributed by atoms with E-state index in [2.05, 4.69) is 41.8 Å². The van der Waals surface area contributed by atoms with Gasteiger partial charge >= 0.3 is 0 Å². The van der Waals surface area contributed by atoms with E-state index in [0.717, 1.165) is 0 Å². The van der Waals surface area contributed by atoms with Crippen LogP contribution in [0.5, 0.6) is 0 Å². The Morgan fingerprint density at radius 3 is 2.06 bits per heavy atom. The van der Waals surface area contributed by atoms with E-state index >= 15 is 0 Å². The third-order valence-electron chi connectivity index (χ3n) is 3.18. The van der Waals surface area contributed by atoms with Crippen LogP contribution < -0.4 is 5.32 Å². The van der Waals surface area contributed by atoms with Crippen LogP contribution in [0.2, 0.25) is 0 Å². The van der Waals surface area contributed by atoms with Crippen molar-refractivity contribution in [2.75, 3.05) is 13.6 Å². The molecule has 1 atom stereocenters. The molecule has 0 fully saturated rings. The Bertz CT molecular complexity index is 146. The third-order valence-corrected chi connectivity index (χ3v) is 4.26. The van der Waals surface area contributed by atoms with Crippen molar-refractivity contribution in [3.05, 3.63) is 0 Å². The summed E-state index contributed by atoms with van der Waals surface area (Å²) < 4.78 is 0.552. The number of alkyl halides is 1. The van der Waals surface area contributed by atoms with Crippen molar-refractivity contribution in [2.45, 2.75) is 75.1 Å². The number of halogens is 1. The number of hydrogen-bond donors (Lipinski definition) is 1. The monoisotopic (exact) mass is 339 g/mol. The lowest BCUT2D eigenvalue weighted by Gasteiger charge is -2.22. The van der Waals surface area contributed by atoms with Gasteiger partial charge in [0.25, 0.3) is 0 Å². The Labute approximate surface area is 116 Å². The minimum absolute atomic E-state index is 0.552. The first kappa shape index (κ1) is 16.7. The van der Waals surface area contributed by atoms with Gasteiger partial charge in [0.05, 0.1) is 0 Å². The summed E-state index contributed by atoms with van der Waals surface area (Å²) in [7, 11) is 2.04. The van der Waals surface area contributed by atoms with Gasteiger partial charge in [-0.25, -0.2) is 0 Å². The van der Waals surface area contributed by atoms with Crippen molar-refractivity contribution in [1.29, 1.82) is 0 Å². The van der Waals surface area contributed by atoms with Crippen molar-refractivity contribution >= 4 is 22.6 Å². The fourth-order valence-electron chi connectivity index (χ4n) is 2.02. The highest BCUT2D eigenvalue weighted by molar-refractivity contribution is 14.1. The normalized spacial score (nSPS) is 15.0. The van der Waals surface area contributed by atoms with Gasteiger partial charge in [0, 0.05) is 3.42 Å². The minimum atomic E-state index is 0.552. The second-order valence-electron chi connectivity index (χ2n) is 5.14. The number of unbranched alkanes of at least 4 members (excludes halogenated alkanes) is 5. The lowest BCUT2D eigenvalue weighted by molar-refractivity contribution is 0.492. The van der Waals surface area contributed by atoms with Crippen molar-refractivity contribution in [3.63, 3.8) is 0 Å². The molecule has 0 amide bonds. The first-order chi connectivity index (χ1) is 7.62. The summed E-state index contributed by atoms with van der Waals surface area (Å²) in [5, 5.41) is 3.21. The zero-order valence-electron chi connectivity index (χ0n) is 11.4. The summed E-state index contributed by atoms with van der Waals surface area (Å²) in [6, 6.07) is 0. The predicted octanol–water partition coefficient (Wildman–Crippen LogP) is 4.93. The van der Waals surface area contributed by atoms with Crippen LogP contribution in [0.25, 0.3) is 0 Å². The molecule has 0 aliphatic carbocycles. The molecule has 0 aliphatic heterocycles. The van der Waals surface area contributed by atoms with E-state index in [1.165, 1.54) is 64.3 Å². The first-order valence-electron chi connectivity index (χ1n) is 6.96. The molecule has 2 heteroatoms. The molecule has 0 spiro atoms. The van der Waals surface area contributed by atoms with Gasteiger partial charge in [-0.2, -0.15) is 0 Å². The van der Waals surface area contributed by atoms with E-state index in [9.17, 15) is 0 Å². The summed E-state index contributed by atoms with van der Waals surface area (Å²) in [5.41, 5.74) is 0. The molecule has 16 heavy (non-hydrogen) atoms. The van der Waals surface area contributed by atoms with Crippen molar-refractivity contribution in [1.82, 2.24) is 5.32 Å². The van der Waals surface area contributed by atoms with E-state index in [1.54, 1.807) is 0 Å². The second-order valence-corrected chi connectivity index (χ2v) is 7.74. The molecule has 0 aromatic carbocycles. The van der Waals surface area contributed by atoms with E-state index in [-0.39, 0.29) is 0 Å². The van der Waals surface area contributed by atoms with Gasteiger partial charge in [-0.1, -0.05) is 75.0 Å². The van der Waals surface area contributed by atoms with Crippen LogP contribution in [-0.4, -0.2) is 17.0 Å². The van der Waals surface area contributed by atoms with Crippen LogP contribution in [0.4, 0.5) is 0 Å². The minimum Gasteiger partial charge on any atom is -0.320 e. The molecule has 1 N–H and O–H groups in total. The van der Waals surface area contributed by atoms with Crippen LogP contribution in [0.1, 0.15) is 71.6 Å². The van der Waals surface area contributed by atoms with E-state index in [4.69, 9.17) is 0 Å². The predicted molar refractivity (Wildman–Crippen MR) is 83.6 cm³/mol. The number of rotatable bonds is 11. The molecule has 0 aromatic rings. The zero-order valence-corrected chi connectivity index (χ0v) is 13.6. The summed E-state index contributed by atoms with van der Waals surface area (Å²) in [6.45, 7) is 5.89. The Kier molecular flexibility index (Phi) is 11.3. The molecular weight excluding hydrogens is 309 g/mol. The standard InChI is InChI=1S/C14H30IN/c1-4-5-8-11-14(2,15)12-9-6-7-10-13-16-3/h16H,4-13H2,1-3H3. The van der Waals surface area contributed by atoms with Crippen LogP contribution in [-0.2, 0) is 0 Å². The quantitative estimate of drug-likeness (QED) is 0.320. The van der Waals surface area contributed by atoms with Crippen LogP contribution in [0.3, 0.4) is 0 Å². The average Bonchev–Trinajstić information content (AvgIpc) is 2.23. The molecule has 0 saturated carbocycles. The molecule has 0 saturated heterocycles. The maximum absolute atomic E-state index is 3.21. The number of nitrogens with one attached hydrogen (secondary N) is 1. The Hall–Kier alpha value is 0.690. The first-order valence-corrected chi connectivity index (χ1v) is 8.04. The molecular formula is C14H30IN. The Morgan fingerprint density at radius 2 is 1.50 bits per heavy atom. The smallest absolute Gasteiger partial charge is 0.0194 e. The molecule has 0 aromatic heterocycles. The highest BCUT2D eigenvalue weighted by atomic mass is 127. The molecule has 0 aliphatic rings. The largest absolute Gasteiger partial charge is 0.320 e. The average molecular weight is 339 g/mol. The van der Waals surface area contributed by atoms with Crippen LogP contribution in [0, 0.1) is 0 Å². The molecule has 98 valence electrons. The molecule has 1 unspecified atom stereocenters. The summed E-state index contributed by atoms with van der Waals surface area (Å²) in [6.07, 6.45) is 12.5. The van der Waals surface area contributed by atoms with Crippen molar-refractivity contribution < 1.29 is 0 Å². The van der Waals surface area contributed by atoms with E-state index in [0.29, 0.717) is 3.42 Å². The molecule has 0 rings (SSSR count). The zero-order chi connectivity index (χ0) is 12.3. The maximum atomic E-state index is 3.21. The highest BCUT2D eigenvalue weighted by Gasteiger charge is 2.18. The lowest BCUT2D eigenvalue weighted by atomic mass is 9.96. The van der Waals surface area contributed by atoms with Crippen LogP contribution >= 0.6 is 22.6 Å². The Balaban J connectivity index is 3.35. The van der Waals surface area contributed by atoms with E-state index in [1.807, 2.05) is 7.05 Å². The Morgan fingerprint density at radius 1 is 0.938 bits per heavy atom. The summed E-state index contributed by atoms with van der Waals surface area (Å²) in [4.78, 5) is 0. The van der Waals surface area contributed by atoms with Crippen molar-refractivity contribution in [3.8, 4) is 0 Å². The van der Waals surface area contributed by atoms with Gasteiger partial charge in [-0.15, -0.1) is 0 Å². The van der Waals surface area contributed by atoms with Crippen molar-refractivity contribution in [2.24, 2.45) is 0 Å². The third kappa shape index (κ3) is 11.2. The highest BCUT2D eigenvalue weighted by Crippen LogP contribution is 2.31. The summed E-state index contributed by atoms with van der Waals surface area (Å²) in [5.74, 6) is 0. The molecule has 0 heterocycles. The lowest BCUT2D eigenvalue weighted by Crippen LogP contribution is -2.15. The number of hydrogen-bond acceptors (Lipinski definition) is 1. The molecule has 0 radical (unpaired) electrons. The van der Waals surface area contributed by atoms with Gasteiger partial charge in [0.1, 0.15) is 0 Å². The fourth-order valence-corrected chi connectivity index (χ4v) is 2.78. The summed E-state index contributed by atoms with van der Waals surface area (Å²) >= 11 is 2.67. The second kappa shape index (κ2) is 10.8. The van der Waals surface area contributed by atoms with Gasteiger partial charge in [0.15, 0.2) is 0 Å². The van der Waals surface area contributed by atoms with Gasteiger partial charge in [0.2, 0.25) is 0 Å². The van der Waals surface area contributed by atoms with Gasteiger partial charge < -0.3 is 5.32 Å². The molecule has 1 nitrogen and oxygen atoms in total. The van der Waals surface area contributed by atoms with E-state index < -0.39 is 0 Å².